The Hall–Kier alpha value is -1.12. The lowest BCUT2D eigenvalue weighted by atomic mass is 10.2. The second-order valence-corrected chi connectivity index (χ2v) is 6.38. The van der Waals surface area contributed by atoms with Crippen LogP contribution in [-0.4, -0.2) is 0 Å². The van der Waals surface area contributed by atoms with Gasteiger partial charge in [-0.1, -0.05) is 60.7 Å². The number of allylic oxidation sites excluding steroid dienone is 1. The lowest BCUT2D eigenvalue weighted by molar-refractivity contribution is 1.41. The number of hydrogen-bond donors (Lipinski definition) is 0. The van der Waals surface area contributed by atoms with Crippen molar-refractivity contribution in [3.05, 3.63) is 82.1 Å². The van der Waals surface area contributed by atoms with Gasteiger partial charge in [0.05, 0.1) is 0 Å². The molecule has 2 rings (SSSR count). The van der Waals surface area contributed by atoms with Crippen LogP contribution in [0.25, 0.3) is 0 Å². The highest BCUT2D eigenvalue weighted by Gasteiger charge is 1.95. The summed E-state index contributed by atoms with van der Waals surface area (Å²) in [4.78, 5) is 1.38. The average Bonchev–Trinajstić information content (AvgIpc) is 2.47. The Balaban J connectivity index is 1.74. The van der Waals surface area contributed by atoms with E-state index in [0.717, 1.165) is 11.5 Å². The molecule has 19 heavy (non-hydrogen) atoms. The first-order valence-electron chi connectivity index (χ1n) is 6.33. The minimum Gasteiger partial charge on any atom is -0.129 e. The fraction of sp³-hybridized carbons (Fsp3) is 0.176. The minimum atomic E-state index is 1.05. The molecule has 0 atom stereocenters. The van der Waals surface area contributed by atoms with Crippen molar-refractivity contribution < 1.29 is 0 Å². The second-order valence-electron chi connectivity index (χ2n) is 4.30. The average molecular weight is 286 g/mol. The van der Waals surface area contributed by atoms with Crippen molar-refractivity contribution in [2.45, 2.75) is 18.4 Å². The second kappa shape index (κ2) is 8.13. The maximum atomic E-state index is 2.26. The Kier molecular flexibility index (Phi) is 6.12. The van der Waals surface area contributed by atoms with Crippen LogP contribution < -0.4 is 0 Å². The first-order chi connectivity index (χ1) is 9.34. The first-order valence-corrected chi connectivity index (χ1v) is 8.37. The highest BCUT2D eigenvalue weighted by Crippen LogP contribution is 2.24. The predicted molar refractivity (Wildman–Crippen MR) is 89.2 cm³/mol. The maximum absolute atomic E-state index is 2.26. The van der Waals surface area contributed by atoms with Crippen LogP contribution in [0.1, 0.15) is 18.1 Å². The van der Waals surface area contributed by atoms with Gasteiger partial charge in [-0.15, -0.1) is 23.5 Å². The van der Waals surface area contributed by atoms with Crippen LogP contribution >= 0.6 is 23.5 Å². The lowest BCUT2D eigenvalue weighted by Gasteiger charge is -2.02. The molecule has 0 saturated heterocycles. The van der Waals surface area contributed by atoms with Crippen LogP contribution in [-0.2, 0) is 11.5 Å². The molecule has 0 heterocycles. The van der Waals surface area contributed by atoms with E-state index in [1.165, 1.54) is 16.0 Å². The maximum Gasteiger partial charge on any atom is 0.0228 e. The number of rotatable bonds is 6. The molecule has 0 bridgehead atoms. The van der Waals surface area contributed by atoms with E-state index in [9.17, 15) is 0 Å². The molecular formula is C17H18S2. The molecule has 2 aromatic carbocycles. The van der Waals surface area contributed by atoms with Gasteiger partial charge in [0.1, 0.15) is 0 Å². The van der Waals surface area contributed by atoms with E-state index in [-0.39, 0.29) is 0 Å². The summed E-state index contributed by atoms with van der Waals surface area (Å²) >= 11 is 3.77. The Morgan fingerprint density at radius 1 is 0.842 bits per heavy atom. The summed E-state index contributed by atoms with van der Waals surface area (Å²) < 4.78 is 0. The van der Waals surface area contributed by atoms with Gasteiger partial charge in [0.15, 0.2) is 0 Å². The molecule has 0 aliphatic heterocycles. The summed E-state index contributed by atoms with van der Waals surface area (Å²) in [5, 5.41) is 2.26. The monoisotopic (exact) mass is 286 g/mol. The highest BCUT2D eigenvalue weighted by molar-refractivity contribution is 8.05. The predicted octanol–water partition coefficient (Wildman–Crippen LogP) is 5.71. The Morgan fingerprint density at radius 2 is 1.37 bits per heavy atom. The molecule has 0 nitrogen and oxygen atoms in total. The summed E-state index contributed by atoms with van der Waals surface area (Å²) in [5.74, 6) is 2.10. The van der Waals surface area contributed by atoms with Gasteiger partial charge in [-0.05, 0) is 28.4 Å². The largest absolute Gasteiger partial charge is 0.129 e. The summed E-state index contributed by atoms with van der Waals surface area (Å²) in [5.41, 5.74) is 2.76. The topological polar surface area (TPSA) is 0 Å². The quantitative estimate of drug-likeness (QED) is 0.666. The van der Waals surface area contributed by atoms with Gasteiger partial charge in [-0.3, -0.25) is 0 Å². The Morgan fingerprint density at radius 3 is 1.95 bits per heavy atom. The molecule has 0 unspecified atom stereocenters. The van der Waals surface area contributed by atoms with Crippen LogP contribution in [0.3, 0.4) is 0 Å². The first kappa shape index (κ1) is 14.3. The van der Waals surface area contributed by atoms with Crippen molar-refractivity contribution >= 4 is 23.5 Å². The molecular weight excluding hydrogens is 268 g/mol. The van der Waals surface area contributed by atoms with Gasteiger partial charge in [-0.2, -0.15) is 0 Å². The third-order valence-electron chi connectivity index (χ3n) is 2.65. The number of benzene rings is 2. The molecule has 0 aliphatic rings. The van der Waals surface area contributed by atoms with Gasteiger partial charge in [-0.25, -0.2) is 0 Å². The molecule has 2 aromatic rings. The molecule has 0 fully saturated rings. The molecule has 0 amide bonds. The zero-order valence-corrected chi connectivity index (χ0v) is 12.7. The molecule has 0 spiro atoms. The van der Waals surface area contributed by atoms with Crippen molar-refractivity contribution in [1.82, 2.24) is 0 Å². The van der Waals surface area contributed by atoms with Crippen LogP contribution in [0.4, 0.5) is 0 Å². The molecule has 0 N–H and O–H groups in total. The summed E-state index contributed by atoms with van der Waals surface area (Å²) in [7, 11) is 0. The highest BCUT2D eigenvalue weighted by atomic mass is 32.2. The van der Waals surface area contributed by atoms with Crippen molar-refractivity contribution in [3.8, 4) is 0 Å². The van der Waals surface area contributed by atoms with Gasteiger partial charge in [0.2, 0.25) is 0 Å². The van der Waals surface area contributed by atoms with Gasteiger partial charge >= 0.3 is 0 Å². The normalized spacial score (nSPS) is 11.5. The molecule has 0 aliphatic carbocycles. The van der Waals surface area contributed by atoms with Crippen LogP contribution in [0.2, 0.25) is 0 Å². The van der Waals surface area contributed by atoms with E-state index in [1.807, 2.05) is 23.5 Å². The van der Waals surface area contributed by atoms with Crippen molar-refractivity contribution in [2.24, 2.45) is 0 Å². The van der Waals surface area contributed by atoms with E-state index < -0.39 is 0 Å². The third-order valence-corrected chi connectivity index (χ3v) is 4.87. The standard InChI is InChI=1S/C17H18S2/c1-15(19-14-17-10-6-3-7-11-17)12-18-13-16-8-4-2-5-9-16/h2-12H,13-14H2,1H3/b15-12-. The smallest absolute Gasteiger partial charge is 0.0228 e. The number of thioether (sulfide) groups is 2. The van der Waals surface area contributed by atoms with Gasteiger partial charge in [0, 0.05) is 11.5 Å². The van der Waals surface area contributed by atoms with Gasteiger partial charge < -0.3 is 0 Å². The van der Waals surface area contributed by atoms with E-state index in [0.29, 0.717) is 0 Å². The molecule has 0 aromatic heterocycles. The SMILES string of the molecule is C/C(=C/SCc1ccccc1)SCc1ccccc1. The summed E-state index contributed by atoms with van der Waals surface area (Å²) in [6, 6.07) is 21.2. The Bertz CT molecular complexity index is 503. The summed E-state index contributed by atoms with van der Waals surface area (Å²) in [6.07, 6.45) is 0. The van der Waals surface area contributed by atoms with Crippen LogP contribution in [0.15, 0.2) is 71.0 Å². The molecule has 98 valence electrons. The van der Waals surface area contributed by atoms with E-state index >= 15 is 0 Å². The van der Waals surface area contributed by atoms with Crippen LogP contribution in [0.5, 0.6) is 0 Å². The fourth-order valence-electron chi connectivity index (χ4n) is 1.63. The molecule has 2 heteroatoms. The lowest BCUT2D eigenvalue weighted by Crippen LogP contribution is -1.79. The Labute approximate surface area is 124 Å². The molecule has 0 radical (unpaired) electrons. The van der Waals surface area contributed by atoms with E-state index in [1.54, 1.807) is 0 Å². The van der Waals surface area contributed by atoms with Gasteiger partial charge in [0.25, 0.3) is 0 Å². The fourth-order valence-corrected chi connectivity index (χ4v) is 3.40. The van der Waals surface area contributed by atoms with E-state index in [4.69, 9.17) is 0 Å². The minimum absolute atomic E-state index is 1.05. The van der Waals surface area contributed by atoms with Crippen molar-refractivity contribution in [2.75, 3.05) is 0 Å². The third kappa shape index (κ3) is 5.58. The zero-order valence-electron chi connectivity index (χ0n) is 11.1. The van der Waals surface area contributed by atoms with E-state index in [2.05, 4.69) is 73.0 Å². The summed E-state index contributed by atoms with van der Waals surface area (Å²) in [6.45, 7) is 2.19. The molecule has 0 saturated carbocycles. The zero-order chi connectivity index (χ0) is 13.3. The van der Waals surface area contributed by atoms with Crippen molar-refractivity contribution in [1.29, 1.82) is 0 Å². The number of hydrogen-bond acceptors (Lipinski definition) is 2. The van der Waals surface area contributed by atoms with Crippen LogP contribution in [0, 0.1) is 0 Å². The van der Waals surface area contributed by atoms with Crippen molar-refractivity contribution in [3.63, 3.8) is 0 Å².